The van der Waals surface area contributed by atoms with Gasteiger partial charge in [0.2, 0.25) is 17.7 Å². The molecular formula is C68H71F3N10O12. The highest BCUT2D eigenvalue weighted by Crippen LogP contribution is 2.25. The molecule has 7 N–H and O–H groups in total. The normalized spacial score (nSPS) is 11.7. The van der Waals surface area contributed by atoms with Crippen LogP contribution in [0.1, 0.15) is 128 Å². The van der Waals surface area contributed by atoms with Crippen LogP contribution in [0.5, 0.6) is 0 Å². The Hall–Kier alpha value is -11.2. The Bertz CT molecular complexity index is 3770. The molecule has 0 spiro atoms. The standard InChI is InChI=1S/C23H24FN3O4.C22H21FN4O3.C15H18N2O4.C8H8FNO/c1-23(2,3)31-22(30)27-19(12-15-4-6-16(13-25)7-5-15)21(29)26-14-20(28)17-8-10-18(24)11-9-17;1-22(2,3)30-21(28)25-18(12-14-4-6-15(13-24)7-5-14)20-27-26-19(29-20)16-8-10-17(23)11-9-16;1-15(2,3)21-14(20)17-12(13(18)19)8-10-4-6-11(9-16)7-5-10;9-7-3-1-6(2-4-7)8(11)5-10/h4-11,19H,12,14H2,1-3H3,(H,26,29)(H,27,30);4-11,18H,12H2,1-3H3,(H,25,28);4-7,12H,8H2,1-3H3,(H,17,20)(H,18,19);1-4H,5,10H2/t19-;18-;12-;/m000./s1. The Labute approximate surface area is 535 Å². The van der Waals surface area contributed by atoms with Gasteiger partial charge in [0.25, 0.3) is 0 Å². The number of ketones is 2. The fourth-order valence-electron chi connectivity index (χ4n) is 7.68. The molecule has 93 heavy (non-hydrogen) atoms. The Kier molecular flexibility index (Phi) is 28.1. The van der Waals surface area contributed by atoms with Crippen LogP contribution in [-0.4, -0.2) is 99.0 Å². The number of carboxylic acid groups (broad SMARTS) is 1. The van der Waals surface area contributed by atoms with Gasteiger partial charge in [-0.2, -0.15) is 15.8 Å². The molecule has 0 aliphatic heterocycles. The average Bonchev–Trinajstić information content (AvgIpc) is 2.30. The molecule has 0 unspecified atom stereocenters. The van der Waals surface area contributed by atoms with Crippen molar-refractivity contribution in [1.29, 1.82) is 15.8 Å². The second-order valence-corrected chi connectivity index (χ2v) is 23.2. The molecule has 0 aliphatic carbocycles. The number of aromatic nitrogens is 2. The highest BCUT2D eigenvalue weighted by atomic mass is 19.1. The van der Waals surface area contributed by atoms with E-state index in [1.54, 1.807) is 135 Å². The van der Waals surface area contributed by atoms with Crippen molar-refractivity contribution in [3.05, 3.63) is 213 Å². The van der Waals surface area contributed by atoms with Gasteiger partial charge in [-0.15, -0.1) is 10.2 Å². The number of carbonyl (C=O) groups is 7. The van der Waals surface area contributed by atoms with Crippen molar-refractivity contribution < 1.29 is 70.5 Å². The summed E-state index contributed by atoms with van der Waals surface area (Å²) >= 11 is 0. The van der Waals surface area contributed by atoms with Gasteiger partial charge < -0.3 is 50.7 Å². The minimum absolute atomic E-state index is 0.0361. The van der Waals surface area contributed by atoms with Crippen molar-refractivity contribution in [1.82, 2.24) is 31.5 Å². The molecule has 7 rings (SSSR count). The Morgan fingerprint density at radius 2 is 0.860 bits per heavy atom. The van der Waals surface area contributed by atoms with Crippen LogP contribution in [0.3, 0.4) is 0 Å². The van der Waals surface area contributed by atoms with Crippen LogP contribution in [-0.2, 0) is 43.1 Å². The maximum absolute atomic E-state index is 13.2. The summed E-state index contributed by atoms with van der Waals surface area (Å²) in [5.74, 6) is -3.10. The number of ether oxygens (including phenoxy) is 3. The summed E-state index contributed by atoms with van der Waals surface area (Å²) in [6.07, 6.45) is -1.59. The van der Waals surface area contributed by atoms with Gasteiger partial charge in [0.05, 0.1) is 48.0 Å². The molecule has 486 valence electrons. The number of nitriles is 3. The number of hydrogen-bond donors (Lipinski definition) is 6. The molecule has 3 atom stereocenters. The predicted octanol–water partition coefficient (Wildman–Crippen LogP) is 10.7. The van der Waals surface area contributed by atoms with Gasteiger partial charge in [-0.1, -0.05) is 36.4 Å². The van der Waals surface area contributed by atoms with Crippen LogP contribution in [0, 0.1) is 51.4 Å². The fourth-order valence-corrected chi connectivity index (χ4v) is 7.68. The van der Waals surface area contributed by atoms with Gasteiger partial charge in [-0.3, -0.25) is 14.4 Å². The number of Topliss-reactive ketones (excluding diaryl/α,β-unsaturated/α-hetero) is 2. The molecule has 25 heteroatoms. The third-order valence-electron chi connectivity index (χ3n) is 12.0. The number of carboxylic acids is 1. The van der Waals surface area contributed by atoms with Crippen LogP contribution >= 0.6 is 0 Å². The highest BCUT2D eigenvalue weighted by Gasteiger charge is 2.28. The van der Waals surface area contributed by atoms with Gasteiger partial charge >= 0.3 is 24.2 Å². The van der Waals surface area contributed by atoms with Crippen LogP contribution in [0.25, 0.3) is 11.5 Å². The first-order chi connectivity index (χ1) is 43.7. The highest BCUT2D eigenvalue weighted by molar-refractivity contribution is 6.00. The summed E-state index contributed by atoms with van der Waals surface area (Å²) in [5, 5.41) is 53.9. The van der Waals surface area contributed by atoms with Crippen molar-refractivity contribution in [2.45, 2.75) is 117 Å². The summed E-state index contributed by atoms with van der Waals surface area (Å²) in [4.78, 5) is 83.2. The van der Waals surface area contributed by atoms with Crippen molar-refractivity contribution in [2.75, 3.05) is 13.1 Å². The number of halogens is 3. The molecule has 0 bridgehead atoms. The zero-order valence-electron chi connectivity index (χ0n) is 52.5. The third kappa shape index (κ3) is 28.0. The first-order valence-corrected chi connectivity index (χ1v) is 28.6. The summed E-state index contributed by atoms with van der Waals surface area (Å²) in [6.45, 7) is 15.1. The van der Waals surface area contributed by atoms with Crippen LogP contribution in [0.2, 0.25) is 0 Å². The molecular weight excluding hydrogens is 1210 g/mol. The van der Waals surface area contributed by atoms with Gasteiger partial charge in [-0.05, 0) is 188 Å². The second kappa shape index (κ2) is 35.2. The van der Waals surface area contributed by atoms with Crippen molar-refractivity contribution in [3.8, 4) is 29.7 Å². The van der Waals surface area contributed by atoms with Gasteiger partial charge in [0.1, 0.15) is 52.4 Å². The molecule has 0 aliphatic rings. The molecule has 1 aromatic heterocycles. The summed E-state index contributed by atoms with van der Waals surface area (Å²) in [7, 11) is 0. The van der Waals surface area contributed by atoms with E-state index in [0.717, 1.165) is 17.7 Å². The first kappa shape index (κ1) is 74.2. The number of nitrogens with zero attached hydrogens (tertiary/aromatic N) is 5. The SMILES string of the molecule is CC(C)(C)OC(=O)N[C@@H](Cc1ccc(C#N)cc1)C(=O)NCC(=O)c1ccc(F)cc1.CC(C)(C)OC(=O)N[C@@H](Cc1ccc(C#N)cc1)C(=O)O.CC(C)(C)OC(=O)N[C@@H](Cc1ccc(C#N)cc1)c1nnc(-c2ccc(F)cc2)o1.NCC(=O)c1ccc(F)cc1. The zero-order chi connectivity index (χ0) is 69.1. The minimum Gasteiger partial charge on any atom is -0.480 e. The number of alkyl carbamates (subject to hydrolysis) is 3. The maximum Gasteiger partial charge on any atom is 0.408 e. The predicted molar refractivity (Wildman–Crippen MR) is 334 cm³/mol. The summed E-state index contributed by atoms with van der Waals surface area (Å²) in [5.41, 5.74) is 8.02. The topological polar surface area (TPSA) is 352 Å². The Morgan fingerprint density at radius 1 is 0.505 bits per heavy atom. The van der Waals surface area contributed by atoms with E-state index in [0.29, 0.717) is 45.4 Å². The summed E-state index contributed by atoms with van der Waals surface area (Å²) < 4.78 is 59.8. The number of nitrogens with two attached hydrogens (primary N) is 1. The first-order valence-electron chi connectivity index (χ1n) is 28.6. The van der Waals surface area contributed by atoms with Crippen molar-refractivity contribution >= 4 is 41.7 Å². The Balaban J connectivity index is 0.000000278. The molecule has 0 fully saturated rings. The molecule has 22 nitrogen and oxygen atoms in total. The van der Waals surface area contributed by atoms with E-state index in [1.165, 1.54) is 60.7 Å². The number of aliphatic carboxylic acids is 1. The van der Waals surface area contributed by atoms with E-state index in [9.17, 15) is 46.7 Å². The molecule has 0 saturated heterocycles. The van der Waals surface area contributed by atoms with Crippen LogP contribution in [0.15, 0.2) is 150 Å². The molecule has 4 amide bonds. The third-order valence-corrected chi connectivity index (χ3v) is 12.0. The number of hydrogen-bond acceptors (Lipinski definition) is 17. The lowest BCUT2D eigenvalue weighted by molar-refractivity contribution is -0.139. The average molecular weight is 1280 g/mol. The molecule has 6 aromatic carbocycles. The maximum atomic E-state index is 13.2. The summed E-state index contributed by atoms with van der Waals surface area (Å²) in [6, 6.07) is 39.3. The lowest BCUT2D eigenvalue weighted by Gasteiger charge is -2.23. The molecule has 7 aromatic rings. The van der Waals surface area contributed by atoms with E-state index in [1.807, 2.05) is 12.1 Å². The number of nitrogens with one attached hydrogen (secondary N) is 4. The molecule has 0 radical (unpaired) electrons. The van der Waals surface area contributed by atoms with E-state index < -0.39 is 76.7 Å². The van der Waals surface area contributed by atoms with Gasteiger partial charge in [-0.25, -0.2) is 32.3 Å². The lowest BCUT2D eigenvalue weighted by Crippen LogP contribution is -2.50. The van der Waals surface area contributed by atoms with E-state index in [-0.39, 0.29) is 60.7 Å². The lowest BCUT2D eigenvalue weighted by atomic mass is 10.0. The minimum atomic E-state index is -1.15. The number of benzene rings is 6. The quantitative estimate of drug-likeness (QED) is 0.0343. The molecule has 1 heterocycles. The fraction of sp³-hybridized carbons (Fsp3) is 0.294. The monoisotopic (exact) mass is 1280 g/mol. The number of rotatable bonds is 18. The van der Waals surface area contributed by atoms with Crippen LogP contribution < -0.4 is 27.0 Å². The van der Waals surface area contributed by atoms with E-state index >= 15 is 0 Å². The van der Waals surface area contributed by atoms with Gasteiger partial charge in [0.15, 0.2) is 11.6 Å². The Morgan fingerprint density at radius 3 is 1.24 bits per heavy atom. The van der Waals surface area contributed by atoms with Gasteiger partial charge in [0, 0.05) is 36.0 Å². The number of amides is 4. The smallest absolute Gasteiger partial charge is 0.408 e. The number of carbonyl (C=O) groups excluding carboxylic acids is 6. The largest absolute Gasteiger partial charge is 0.480 e. The van der Waals surface area contributed by atoms with Crippen molar-refractivity contribution in [2.24, 2.45) is 5.73 Å². The van der Waals surface area contributed by atoms with Crippen molar-refractivity contribution in [3.63, 3.8) is 0 Å². The van der Waals surface area contributed by atoms with E-state index in [2.05, 4.69) is 37.5 Å². The second-order valence-electron chi connectivity index (χ2n) is 23.2. The zero-order valence-corrected chi connectivity index (χ0v) is 52.5. The van der Waals surface area contributed by atoms with E-state index in [4.69, 9.17) is 45.3 Å². The molecule has 0 saturated carbocycles. The van der Waals surface area contributed by atoms with Crippen LogP contribution in [0.4, 0.5) is 27.6 Å².